The molecule has 0 saturated carbocycles. The van der Waals surface area contributed by atoms with Crippen LogP contribution in [0.25, 0.3) is 6.08 Å². The van der Waals surface area contributed by atoms with E-state index in [1.165, 1.54) is 5.56 Å². The number of carbonyl (C=O) groups is 1. The molecule has 1 aromatic carbocycles. The van der Waals surface area contributed by atoms with Crippen molar-refractivity contribution in [2.75, 3.05) is 6.61 Å². The first-order valence-electron chi connectivity index (χ1n) is 6.19. The zero-order chi connectivity index (χ0) is 13.5. The lowest BCUT2D eigenvalue weighted by Crippen LogP contribution is -2.06. The van der Waals surface area contributed by atoms with E-state index in [1.54, 1.807) is 6.08 Å². The molecule has 1 rings (SSSR count). The Labute approximate surface area is 108 Å². The number of ether oxygens (including phenoxy) is 1. The summed E-state index contributed by atoms with van der Waals surface area (Å²) in [6.07, 6.45) is 3.42. The molecule has 0 aromatic heterocycles. The van der Waals surface area contributed by atoms with Crippen LogP contribution in [0.3, 0.4) is 0 Å². The maximum Gasteiger partial charge on any atom is 0.371 e. The van der Waals surface area contributed by atoms with Gasteiger partial charge in [0.1, 0.15) is 0 Å². The van der Waals surface area contributed by atoms with Gasteiger partial charge in [0.2, 0.25) is 5.76 Å². The molecule has 0 atom stereocenters. The van der Waals surface area contributed by atoms with Crippen LogP contribution in [-0.4, -0.2) is 17.7 Å². The molecule has 18 heavy (non-hydrogen) atoms. The average Bonchev–Trinajstić information content (AvgIpc) is 2.32. The second-order valence-electron chi connectivity index (χ2n) is 4.36. The Hall–Kier alpha value is -1.77. The van der Waals surface area contributed by atoms with E-state index in [0.717, 1.165) is 24.0 Å². The molecule has 98 valence electrons. The molecule has 0 unspecified atom stereocenters. The van der Waals surface area contributed by atoms with Gasteiger partial charge >= 0.3 is 5.97 Å². The molecule has 3 heteroatoms. The Morgan fingerprint density at radius 2 is 2.06 bits per heavy atom. The van der Waals surface area contributed by atoms with Gasteiger partial charge in [0.15, 0.2) is 0 Å². The predicted octanol–water partition coefficient (Wildman–Crippen LogP) is 3.55. The number of benzene rings is 1. The number of hydrogen-bond donors (Lipinski definition) is 1. The number of carboxylic acids is 1. The van der Waals surface area contributed by atoms with Gasteiger partial charge in [0, 0.05) is 0 Å². The molecule has 0 aliphatic heterocycles. The van der Waals surface area contributed by atoms with Gasteiger partial charge in [-0.3, -0.25) is 0 Å². The molecular weight excluding hydrogens is 228 g/mol. The number of rotatable bonds is 6. The summed E-state index contributed by atoms with van der Waals surface area (Å²) in [6.45, 7) is 6.51. The molecular formula is C15H20O3. The molecule has 1 N–H and O–H groups in total. The average molecular weight is 248 g/mol. The highest BCUT2D eigenvalue weighted by molar-refractivity contribution is 5.89. The fourth-order valence-electron chi connectivity index (χ4n) is 1.50. The molecule has 0 bridgehead atoms. The minimum Gasteiger partial charge on any atom is -0.487 e. The van der Waals surface area contributed by atoms with Gasteiger partial charge < -0.3 is 9.84 Å². The molecule has 0 radical (unpaired) electrons. The van der Waals surface area contributed by atoms with Crippen molar-refractivity contribution >= 4 is 12.0 Å². The molecule has 0 aliphatic carbocycles. The number of hydrogen-bond acceptors (Lipinski definition) is 2. The summed E-state index contributed by atoms with van der Waals surface area (Å²) in [4.78, 5) is 11.1. The zero-order valence-corrected chi connectivity index (χ0v) is 11.2. The van der Waals surface area contributed by atoms with Crippen LogP contribution >= 0.6 is 0 Å². The van der Waals surface area contributed by atoms with Crippen LogP contribution in [0.15, 0.2) is 24.0 Å². The molecule has 0 saturated heterocycles. The van der Waals surface area contributed by atoms with Crippen molar-refractivity contribution < 1.29 is 14.6 Å². The fraction of sp³-hybridized carbons (Fsp3) is 0.400. The third kappa shape index (κ3) is 4.24. The highest BCUT2D eigenvalue weighted by Gasteiger charge is 2.08. The summed E-state index contributed by atoms with van der Waals surface area (Å²) in [5, 5.41) is 9.06. The Morgan fingerprint density at radius 3 is 2.61 bits per heavy atom. The molecule has 0 fully saturated rings. The summed E-state index contributed by atoms with van der Waals surface area (Å²) in [5.74, 6) is -1.02. The summed E-state index contributed by atoms with van der Waals surface area (Å²) in [7, 11) is 0. The molecule has 0 amide bonds. The van der Waals surface area contributed by atoms with Gasteiger partial charge in [-0.15, -0.1) is 0 Å². The van der Waals surface area contributed by atoms with E-state index in [2.05, 4.69) is 0 Å². The summed E-state index contributed by atoms with van der Waals surface area (Å²) in [5.41, 5.74) is 3.19. The highest BCUT2D eigenvalue weighted by Crippen LogP contribution is 2.14. The SMILES string of the molecule is CCCCOC(=Cc1ccc(C)c(C)c1)C(=O)O. The standard InChI is InChI=1S/C15H20O3/c1-4-5-8-18-14(15(16)17)10-13-7-6-11(2)12(3)9-13/h6-7,9-10H,4-5,8H2,1-3H3,(H,16,17). The predicted molar refractivity (Wildman–Crippen MR) is 72.4 cm³/mol. The topological polar surface area (TPSA) is 46.5 Å². The maximum atomic E-state index is 11.1. The molecule has 0 aliphatic rings. The first-order chi connectivity index (χ1) is 8.54. The molecule has 3 nitrogen and oxygen atoms in total. The van der Waals surface area contributed by atoms with E-state index in [4.69, 9.17) is 9.84 Å². The summed E-state index contributed by atoms with van der Waals surface area (Å²) in [6, 6.07) is 5.84. The van der Waals surface area contributed by atoms with Gasteiger partial charge in [-0.1, -0.05) is 31.5 Å². The lowest BCUT2D eigenvalue weighted by molar-refractivity contribution is -0.136. The number of unbranched alkanes of at least 4 members (excludes halogenated alkanes) is 1. The monoisotopic (exact) mass is 248 g/mol. The second kappa shape index (κ2) is 6.84. The van der Waals surface area contributed by atoms with E-state index >= 15 is 0 Å². The van der Waals surface area contributed by atoms with Crippen molar-refractivity contribution in [3.63, 3.8) is 0 Å². The van der Waals surface area contributed by atoms with Crippen molar-refractivity contribution in [3.8, 4) is 0 Å². The normalized spacial score (nSPS) is 11.4. The van der Waals surface area contributed by atoms with E-state index in [9.17, 15) is 4.79 Å². The first-order valence-corrected chi connectivity index (χ1v) is 6.19. The number of aliphatic carboxylic acids is 1. The Morgan fingerprint density at radius 1 is 1.33 bits per heavy atom. The smallest absolute Gasteiger partial charge is 0.371 e. The quantitative estimate of drug-likeness (QED) is 0.476. The highest BCUT2D eigenvalue weighted by atomic mass is 16.5. The van der Waals surface area contributed by atoms with Crippen LogP contribution in [0.2, 0.25) is 0 Å². The minimum absolute atomic E-state index is 0.00621. The van der Waals surface area contributed by atoms with Crippen molar-refractivity contribution in [2.45, 2.75) is 33.6 Å². The summed E-state index contributed by atoms with van der Waals surface area (Å²) < 4.78 is 5.28. The number of aryl methyl sites for hydroxylation is 2. The summed E-state index contributed by atoms with van der Waals surface area (Å²) >= 11 is 0. The van der Waals surface area contributed by atoms with Gasteiger partial charge in [-0.25, -0.2) is 4.79 Å². The third-order valence-electron chi connectivity index (χ3n) is 2.79. The van der Waals surface area contributed by atoms with E-state index < -0.39 is 5.97 Å². The third-order valence-corrected chi connectivity index (χ3v) is 2.79. The Bertz CT molecular complexity index is 447. The van der Waals surface area contributed by atoms with Crippen LogP contribution in [0.1, 0.15) is 36.5 Å². The van der Waals surface area contributed by atoms with E-state index in [1.807, 2.05) is 39.0 Å². The molecule has 1 aromatic rings. The van der Waals surface area contributed by atoms with Crippen LogP contribution in [0.5, 0.6) is 0 Å². The van der Waals surface area contributed by atoms with Gasteiger partial charge in [0.25, 0.3) is 0 Å². The van der Waals surface area contributed by atoms with Crippen LogP contribution in [0, 0.1) is 13.8 Å². The Balaban J connectivity index is 2.86. The van der Waals surface area contributed by atoms with Crippen molar-refractivity contribution in [2.24, 2.45) is 0 Å². The zero-order valence-electron chi connectivity index (χ0n) is 11.2. The molecule has 0 spiro atoms. The fourth-order valence-corrected chi connectivity index (χ4v) is 1.50. The first kappa shape index (κ1) is 14.3. The van der Waals surface area contributed by atoms with Crippen molar-refractivity contribution in [1.82, 2.24) is 0 Å². The van der Waals surface area contributed by atoms with Gasteiger partial charge in [-0.2, -0.15) is 0 Å². The van der Waals surface area contributed by atoms with Crippen LogP contribution < -0.4 is 0 Å². The lowest BCUT2D eigenvalue weighted by Gasteiger charge is -2.07. The molecule has 0 heterocycles. The van der Waals surface area contributed by atoms with E-state index in [0.29, 0.717) is 6.61 Å². The van der Waals surface area contributed by atoms with Crippen molar-refractivity contribution in [1.29, 1.82) is 0 Å². The van der Waals surface area contributed by atoms with Gasteiger partial charge in [-0.05, 0) is 43.0 Å². The van der Waals surface area contributed by atoms with Crippen LogP contribution in [-0.2, 0) is 9.53 Å². The Kier molecular flexibility index (Phi) is 5.43. The van der Waals surface area contributed by atoms with Gasteiger partial charge in [0.05, 0.1) is 6.61 Å². The van der Waals surface area contributed by atoms with Crippen LogP contribution in [0.4, 0.5) is 0 Å². The maximum absolute atomic E-state index is 11.1. The van der Waals surface area contributed by atoms with E-state index in [-0.39, 0.29) is 5.76 Å². The minimum atomic E-state index is -1.02. The van der Waals surface area contributed by atoms with Crippen molar-refractivity contribution in [3.05, 3.63) is 40.6 Å². The lowest BCUT2D eigenvalue weighted by atomic mass is 10.1. The number of carboxylic acid groups (broad SMARTS) is 1. The second-order valence-corrected chi connectivity index (χ2v) is 4.36. The largest absolute Gasteiger partial charge is 0.487 e.